The molecule has 0 bridgehead atoms. The van der Waals surface area contributed by atoms with E-state index in [1.54, 1.807) is 6.07 Å². The van der Waals surface area contributed by atoms with E-state index in [9.17, 15) is 4.39 Å². The number of anilines is 1. The molecule has 3 heteroatoms. The minimum Gasteiger partial charge on any atom is -0.496 e. The molecule has 1 aromatic carbocycles. The molecule has 0 spiro atoms. The quantitative estimate of drug-likeness (QED) is 0.687. The normalized spacial score (nSPS) is 9.92. The molecular weight excluding hydrogens is 157 g/mol. The third-order valence-corrected chi connectivity index (χ3v) is 1.80. The van der Waals surface area contributed by atoms with Crippen LogP contribution in [0.5, 0.6) is 5.75 Å². The van der Waals surface area contributed by atoms with Crippen molar-refractivity contribution in [3.63, 3.8) is 0 Å². The zero-order valence-corrected chi connectivity index (χ0v) is 7.23. The lowest BCUT2D eigenvalue weighted by molar-refractivity contribution is 0.405. The Labute approximate surface area is 71.1 Å². The Balaban J connectivity index is 3.25. The van der Waals surface area contributed by atoms with Crippen molar-refractivity contribution in [2.75, 3.05) is 12.8 Å². The molecule has 66 valence electrons. The Hall–Kier alpha value is -1.25. The molecule has 0 aliphatic heterocycles. The van der Waals surface area contributed by atoms with Gasteiger partial charge in [-0.2, -0.15) is 0 Å². The first-order chi connectivity index (χ1) is 5.70. The zero-order chi connectivity index (χ0) is 9.14. The molecule has 0 heterocycles. The van der Waals surface area contributed by atoms with Gasteiger partial charge in [-0.25, -0.2) is 4.39 Å². The Bertz CT molecular complexity index is 286. The van der Waals surface area contributed by atoms with Crippen LogP contribution in [0.3, 0.4) is 0 Å². The van der Waals surface area contributed by atoms with Crippen molar-refractivity contribution in [2.45, 2.75) is 13.3 Å². The average Bonchev–Trinajstić information content (AvgIpc) is 2.09. The van der Waals surface area contributed by atoms with Gasteiger partial charge < -0.3 is 10.5 Å². The SMILES string of the molecule is CCc1c(OC)ccc(N)c1F. The average molecular weight is 169 g/mol. The maximum atomic E-state index is 13.2. The van der Waals surface area contributed by atoms with Crippen molar-refractivity contribution in [3.05, 3.63) is 23.5 Å². The first-order valence-corrected chi connectivity index (χ1v) is 3.81. The second-order valence-corrected chi connectivity index (χ2v) is 2.50. The molecular formula is C9H12FNO. The van der Waals surface area contributed by atoms with Gasteiger partial charge >= 0.3 is 0 Å². The van der Waals surface area contributed by atoms with Gasteiger partial charge in [0.25, 0.3) is 0 Å². The minimum atomic E-state index is -0.364. The van der Waals surface area contributed by atoms with Crippen molar-refractivity contribution in [3.8, 4) is 5.75 Å². The number of nitrogens with two attached hydrogens (primary N) is 1. The van der Waals surface area contributed by atoms with Crippen molar-refractivity contribution in [2.24, 2.45) is 0 Å². The summed E-state index contributed by atoms with van der Waals surface area (Å²) in [7, 11) is 1.52. The van der Waals surface area contributed by atoms with Crippen LogP contribution in [0.2, 0.25) is 0 Å². The van der Waals surface area contributed by atoms with E-state index in [4.69, 9.17) is 10.5 Å². The van der Waals surface area contributed by atoms with E-state index in [0.29, 0.717) is 17.7 Å². The van der Waals surface area contributed by atoms with Crippen LogP contribution < -0.4 is 10.5 Å². The summed E-state index contributed by atoms with van der Waals surface area (Å²) in [5.74, 6) is 0.195. The fraction of sp³-hybridized carbons (Fsp3) is 0.333. The lowest BCUT2D eigenvalue weighted by atomic mass is 10.1. The molecule has 2 N–H and O–H groups in total. The molecule has 0 aliphatic carbocycles. The van der Waals surface area contributed by atoms with Gasteiger partial charge in [0, 0.05) is 5.56 Å². The number of halogens is 1. The topological polar surface area (TPSA) is 35.2 Å². The van der Waals surface area contributed by atoms with E-state index in [1.165, 1.54) is 13.2 Å². The molecule has 0 amide bonds. The standard InChI is InChI=1S/C9H12FNO/c1-3-6-8(12-2)5-4-7(11)9(6)10/h4-5H,3,11H2,1-2H3. The maximum Gasteiger partial charge on any atom is 0.152 e. The molecule has 1 aromatic rings. The van der Waals surface area contributed by atoms with E-state index < -0.39 is 0 Å². The van der Waals surface area contributed by atoms with Gasteiger partial charge in [0.2, 0.25) is 0 Å². The minimum absolute atomic E-state index is 0.174. The Morgan fingerprint density at radius 1 is 1.50 bits per heavy atom. The summed E-state index contributed by atoms with van der Waals surface area (Å²) in [4.78, 5) is 0. The van der Waals surface area contributed by atoms with E-state index in [0.717, 1.165) is 0 Å². The molecule has 0 fully saturated rings. The van der Waals surface area contributed by atoms with Gasteiger partial charge in [-0.05, 0) is 18.6 Å². The Kier molecular flexibility index (Phi) is 2.53. The number of ether oxygens (including phenoxy) is 1. The number of benzene rings is 1. The third-order valence-electron chi connectivity index (χ3n) is 1.80. The van der Waals surface area contributed by atoms with Crippen LogP contribution in [0, 0.1) is 5.82 Å². The van der Waals surface area contributed by atoms with Crippen LogP contribution in [-0.2, 0) is 6.42 Å². The fourth-order valence-corrected chi connectivity index (χ4v) is 1.14. The van der Waals surface area contributed by atoms with Crippen LogP contribution in [-0.4, -0.2) is 7.11 Å². The monoisotopic (exact) mass is 169 g/mol. The van der Waals surface area contributed by atoms with Gasteiger partial charge in [0.1, 0.15) is 5.75 Å². The molecule has 0 saturated carbocycles. The highest BCUT2D eigenvalue weighted by molar-refractivity contribution is 5.49. The van der Waals surface area contributed by atoms with E-state index in [-0.39, 0.29) is 11.5 Å². The summed E-state index contributed by atoms with van der Waals surface area (Å²) < 4.78 is 18.2. The summed E-state index contributed by atoms with van der Waals surface area (Å²) in [6, 6.07) is 3.19. The van der Waals surface area contributed by atoms with Crippen LogP contribution >= 0.6 is 0 Å². The number of nitrogen functional groups attached to an aromatic ring is 1. The Morgan fingerprint density at radius 2 is 2.17 bits per heavy atom. The van der Waals surface area contributed by atoms with Gasteiger partial charge in [-0.3, -0.25) is 0 Å². The van der Waals surface area contributed by atoms with Crippen LogP contribution in [0.4, 0.5) is 10.1 Å². The highest BCUT2D eigenvalue weighted by atomic mass is 19.1. The second-order valence-electron chi connectivity index (χ2n) is 2.50. The smallest absolute Gasteiger partial charge is 0.152 e. The highest BCUT2D eigenvalue weighted by Gasteiger charge is 2.09. The molecule has 12 heavy (non-hydrogen) atoms. The molecule has 0 atom stereocenters. The van der Waals surface area contributed by atoms with Crippen molar-refractivity contribution >= 4 is 5.69 Å². The van der Waals surface area contributed by atoms with Gasteiger partial charge in [0.15, 0.2) is 5.82 Å². The maximum absolute atomic E-state index is 13.2. The fourth-order valence-electron chi connectivity index (χ4n) is 1.14. The summed E-state index contributed by atoms with van der Waals surface area (Å²) in [5.41, 5.74) is 6.10. The number of rotatable bonds is 2. The van der Waals surface area contributed by atoms with E-state index >= 15 is 0 Å². The van der Waals surface area contributed by atoms with Gasteiger partial charge in [0.05, 0.1) is 12.8 Å². The lowest BCUT2D eigenvalue weighted by Crippen LogP contribution is -1.99. The molecule has 2 nitrogen and oxygen atoms in total. The lowest BCUT2D eigenvalue weighted by Gasteiger charge is -2.08. The molecule has 0 saturated heterocycles. The largest absolute Gasteiger partial charge is 0.496 e. The van der Waals surface area contributed by atoms with E-state index in [2.05, 4.69) is 0 Å². The van der Waals surface area contributed by atoms with E-state index in [1.807, 2.05) is 6.92 Å². The van der Waals surface area contributed by atoms with Gasteiger partial charge in [-0.1, -0.05) is 6.92 Å². The van der Waals surface area contributed by atoms with Crippen LogP contribution in [0.25, 0.3) is 0 Å². The third kappa shape index (κ3) is 1.35. The van der Waals surface area contributed by atoms with Gasteiger partial charge in [-0.15, -0.1) is 0 Å². The Morgan fingerprint density at radius 3 is 2.67 bits per heavy atom. The second kappa shape index (κ2) is 3.43. The summed E-state index contributed by atoms with van der Waals surface area (Å²) >= 11 is 0. The number of hydrogen-bond acceptors (Lipinski definition) is 2. The predicted molar refractivity (Wildman–Crippen MR) is 46.7 cm³/mol. The molecule has 0 radical (unpaired) electrons. The molecule has 1 rings (SSSR count). The first kappa shape index (κ1) is 8.84. The number of hydrogen-bond donors (Lipinski definition) is 1. The molecule has 0 unspecified atom stereocenters. The van der Waals surface area contributed by atoms with Crippen LogP contribution in [0.15, 0.2) is 12.1 Å². The first-order valence-electron chi connectivity index (χ1n) is 3.81. The van der Waals surface area contributed by atoms with Crippen molar-refractivity contribution < 1.29 is 9.13 Å². The molecule has 0 aromatic heterocycles. The van der Waals surface area contributed by atoms with Crippen molar-refractivity contribution in [1.29, 1.82) is 0 Å². The van der Waals surface area contributed by atoms with Crippen LogP contribution in [0.1, 0.15) is 12.5 Å². The summed E-state index contributed by atoms with van der Waals surface area (Å²) in [5, 5.41) is 0. The highest BCUT2D eigenvalue weighted by Crippen LogP contribution is 2.25. The molecule has 0 aliphatic rings. The zero-order valence-electron chi connectivity index (χ0n) is 7.23. The number of methoxy groups -OCH3 is 1. The summed E-state index contributed by atoms with van der Waals surface area (Å²) in [6.45, 7) is 1.86. The van der Waals surface area contributed by atoms with Crippen molar-refractivity contribution in [1.82, 2.24) is 0 Å². The summed E-state index contributed by atoms with van der Waals surface area (Å²) in [6.07, 6.45) is 0.583. The predicted octanol–water partition coefficient (Wildman–Crippen LogP) is 1.98.